The van der Waals surface area contributed by atoms with Crippen molar-refractivity contribution in [2.24, 2.45) is 7.05 Å². The lowest BCUT2D eigenvalue weighted by Gasteiger charge is -2.12. The standard InChI is InChI=1S/C23H14ClN7O2S/c1-29-20-14(11-28-29)10-27-12-18(20)31-22(32)21-17(30(23(31)33)6-2-5-25)8-19(34-21)15-4-3-13(9-26)7-16(15)24/h3-4,7-8,10-12H,2,6H2,1H3. The van der Waals surface area contributed by atoms with E-state index in [0.29, 0.717) is 47.8 Å². The molecule has 4 aromatic heterocycles. The Balaban J connectivity index is 1.85. The summed E-state index contributed by atoms with van der Waals surface area (Å²) >= 11 is 7.60. The van der Waals surface area contributed by atoms with Crippen molar-refractivity contribution in [2.75, 3.05) is 0 Å². The first-order valence-corrected chi connectivity index (χ1v) is 11.3. The topological polar surface area (TPSA) is 122 Å². The predicted molar refractivity (Wildman–Crippen MR) is 129 cm³/mol. The van der Waals surface area contributed by atoms with Crippen LogP contribution in [-0.4, -0.2) is 23.9 Å². The molecule has 4 heterocycles. The first-order valence-electron chi connectivity index (χ1n) is 10.1. The number of aryl methyl sites for hydroxylation is 2. The fourth-order valence-electron chi connectivity index (χ4n) is 3.93. The maximum Gasteiger partial charge on any atom is 0.336 e. The van der Waals surface area contributed by atoms with Crippen molar-refractivity contribution < 1.29 is 0 Å². The lowest BCUT2D eigenvalue weighted by atomic mass is 10.1. The largest absolute Gasteiger partial charge is 0.336 e. The summed E-state index contributed by atoms with van der Waals surface area (Å²) in [6, 6.07) is 10.7. The molecule has 11 heteroatoms. The van der Waals surface area contributed by atoms with Gasteiger partial charge in [-0.05, 0) is 18.2 Å². The molecule has 0 saturated carbocycles. The van der Waals surface area contributed by atoms with E-state index in [4.69, 9.17) is 22.1 Å². The van der Waals surface area contributed by atoms with Gasteiger partial charge < -0.3 is 0 Å². The van der Waals surface area contributed by atoms with Crippen molar-refractivity contribution in [3.05, 3.63) is 74.3 Å². The molecule has 0 unspecified atom stereocenters. The Morgan fingerprint density at radius 2 is 1.97 bits per heavy atom. The highest BCUT2D eigenvalue weighted by molar-refractivity contribution is 7.22. The average molecular weight is 488 g/mol. The van der Waals surface area contributed by atoms with E-state index in [1.807, 2.05) is 6.07 Å². The SMILES string of the molecule is Cn1ncc2cncc(-n3c(=O)c4sc(-c5ccc(C#N)cc5Cl)cc4n(CCC#N)c3=O)c21. The molecule has 0 aliphatic heterocycles. The Hall–Kier alpha value is -4.25. The van der Waals surface area contributed by atoms with Gasteiger partial charge in [0.2, 0.25) is 0 Å². The van der Waals surface area contributed by atoms with Gasteiger partial charge in [0.1, 0.15) is 4.70 Å². The Morgan fingerprint density at radius 3 is 2.71 bits per heavy atom. The fraction of sp³-hybridized carbons (Fsp3) is 0.130. The van der Waals surface area contributed by atoms with Crippen LogP contribution in [0.5, 0.6) is 0 Å². The third-order valence-corrected chi connectivity index (χ3v) is 6.95. The molecule has 166 valence electrons. The number of fused-ring (bicyclic) bond motifs is 2. The molecule has 1 aromatic carbocycles. The Morgan fingerprint density at radius 1 is 1.15 bits per heavy atom. The van der Waals surface area contributed by atoms with Crippen LogP contribution in [0.15, 0.2) is 52.4 Å². The van der Waals surface area contributed by atoms with Crippen LogP contribution < -0.4 is 11.2 Å². The van der Waals surface area contributed by atoms with Crippen molar-refractivity contribution >= 4 is 44.1 Å². The highest BCUT2D eigenvalue weighted by Gasteiger charge is 2.21. The van der Waals surface area contributed by atoms with E-state index in [1.54, 1.807) is 48.4 Å². The first kappa shape index (κ1) is 21.6. The summed E-state index contributed by atoms with van der Waals surface area (Å²) in [6.07, 6.45) is 4.77. The van der Waals surface area contributed by atoms with Crippen LogP contribution in [0, 0.1) is 22.7 Å². The number of aromatic nitrogens is 5. The van der Waals surface area contributed by atoms with E-state index in [0.717, 1.165) is 4.57 Å². The zero-order valence-electron chi connectivity index (χ0n) is 17.7. The normalized spacial score (nSPS) is 11.1. The van der Waals surface area contributed by atoms with Crippen LogP contribution in [-0.2, 0) is 13.6 Å². The first-order chi connectivity index (χ1) is 16.4. The van der Waals surface area contributed by atoms with Gasteiger partial charge in [0.15, 0.2) is 0 Å². The second-order valence-corrected chi connectivity index (χ2v) is 8.94. The van der Waals surface area contributed by atoms with Crippen LogP contribution in [0.25, 0.3) is 37.2 Å². The van der Waals surface area contributed by atoms with Crippen molar-refractivity contribution in [1.82, 2.24) is 23.9 Å². The molecule has 0 bridgehead atoms. The maximum absolute atomic E-state index is 13.6. The van der Waals surface area contributed by atoms with Crippen LogP contribution in [0.4, 0.5) is 0 Å². The molecule has 0 atom stereocenters. The molecule has 0 N–H and O–H groups in total. The van der Waals surface area contributed by atoms with Gasteiger partial charge in [-0.3, -0.25) is 19.0 Å². The van der Waals surface area contributed by atoms with E-state index in [2.05, 4.69) is 16.2 Å². The van der Waals surface area contributed by atoms with Gasteiger partial charge in [0.25, 0.3) is 5.56 Å². The van der Waals surface area contributed by atoms with Gasteiger partial charge in [0.05, 0.1) is 58.3 Å². The number of hydrogen-bond donors (Lipinski definition) is 0. The second kappa shape index (κ2) is 8.27. The molecular formula is C23H14ClN7O2S. The van der Waals surface area contributed by atoms with Crippen LogP contribution in [0.1, 0.15) is 12.0 Å². The van der Waals surface area contributed by atoms with E-state index in [1.165, 1.54) is 22.1 Å². The third kappa shape index (κ3) is 3.28. The molecule has 0 aliphatic carbocycles. The summed E-state index contributed by atoms with van der Waals surface area (Å²) in [4.78, 5) is 32.1. The van der Waals surface area contributed by atoms with Gasteiger partial charge in [0, 0.05) is 35.6 Å². The molecule has 5 aromatic rings. The Bertz CT molecular complexity index is 1810. The minimum Gasteiger partial charge on any atom is -0.291 e. The third-order valence-electron chi connectivity index (χ3n) is 5.49. The molecular weight excluding hydrogens is 474 g/mol. The van der Waals surface area contributed by atoms with Crippen molar-refractivity contribution in [1.29, 1.82) is 10.5 Å². The smallest absolute Gasteiger partial charge is 0.291 e. The van der Waals surface area contributed by atoms with Gasteiger partial charge in [-0.15, -0.1) is 11.3 Å². The summed E-state index contributed by atoms with van der Waals surface area (Å²) in [5.41, 5.74) is 1.32. The van der Waals surface area contributed by atoms with Crippen molar-refractivity contribution in [3.63, 3.8) is 0 Å². The molecule has 0 saturated heterocycles. The second-order valence-electron chi connectivity index (χ2n) is 7.48. The summed E-state index contributed by atoms with van der Waals surface area (Å²) in [5.74, 6) is 0. The molecule has 34 heavy (non-hydrogen) atoms. The van der Waals surface area contributed by atoms with Gasteiger partial charge >= 0.3 is 5.69 Å². The monoisotopic (exact) mass is 487 g/mol. The Kier molecular flexibility index (Phi) is 5.25. The van der Waals surface area contributed by atoms with E-state index in [-0.39, 0.29) is 13.0 Å². The zero-order valence-corrected chi connectivity index (χ0v) is 19.3. The van der Waals surface area contributed by atoms with Crippen LogP contribution >= 0.6 is 22.9 Å². The van der Waals surface area contributed by atoms with Crippen LogP contribution in [0.3, 0.4) is 0 Å². The number of nitrogens with zero attached hydrogens (tertiary/aromatic N) is 7. The predicted octanol–water partition coefficient (Wildman–Crippen LogP) is 3.60. The van der Waals surface area contributed by atoms with Crippen molar-refractivity contribution in [2.45, 2.75) is 13.0 Å². The average Bonchev–Trinajstić information content (AvgIpc) is 3.44. The fourth-order valence-corrected chi connectivity index (χ4v) is 5.40. The maximum atomic E-state index is 13.6. The van der Waals surface area contributed by atoms with Gasteiger partial charge in [-0.25, -0.2) is 9.36 Å². The van der Waals surface area contributed by atoms with E-state index >= 15 is 0 Å². The van der Waals surface area contributed by atoms with Gasteiger partial charge in [-0.2, -0.15) is 15.6 Å². The molecule has 0 aliphatic rings. The van der Waals surface area contributed by atoms with Crippen LogP contribution in [0.2, 0.25) is 5.02 Å². The molecule has 5 rings (SSSR count). The molecule has 0 spiro atoms. The molecule has 0 radical (unpaired) electrons. The number of nitriles is 2. The highest BCUT2D eigenvalue weighted by Crippen LogP contribution is 2.36. The van der Waals surface area contributed by atoms with E-state index < -0.39 is 11.2 Å². The number of benzene rings is 1. The Labute approximate surface area is 200 Å². The number of halogens is 1. The number of thiophene rings is 1. The number of pyridine rings is 1. The lowest BCUT2D eigenvalue weighted by Crippen LogP contribution is -2.38. The summed E-state index contributed by atoms with van der Waals surface area (Å²) < 4.78 is 4.43. The summed E-state index contributed by atoms with van der Waals surface area (Å²) in [7, 11) is 1.72. The lowest BCUT2D eigenvalue weighted by molar-refractivity contribution is 0.662. The zero-order chi connectivity index (χ0) is 24.0. The highest BCUT2D eigenvalue weighted by atomic mass is 35.5. The van der Waals surface area contributed by atoms with E-state index in [9.17, 15) is 9.59 Å². The quantitative estimate of drug-likeness (QED) is 0.381. The molecule has 0 fully saturated rings. The molecule has 9 nitrogen and oxygen atoms in total. The molecule has 0 amide bonds. The number of rotatable bonds is 4. The minimum atomic E-state index is -0.571. The van der Waals surface area contributed by atoms with Gasteiger partial charge in [-0.1, -0.05) is 17.7 Å². The summed E-state index contributed by atoms with van der Waals surface area (Å²) in [5, 5.41) is 23.5. The van der Waals surface area contributed by atoms with Crippen molar-refractivity contribution in [3.8, 4) is 28.3 Å². The number of hydrogen-bond acceptors (Lipinski definition) is 7. The summed E-state index contributed by atoms with van der Waals surface area (Å²) in [6.45, 7) is 0.109. The minimum absolute atomic E-state index is 0.0875.